The summed E-state index contributed by atoms with van der Waals surface area (Å²) in [4.78, 5) is 4.56. The summed E-state index contributed by atoms with van der Waals surface area (Å²) in [6.45, 7) is 6.54. The monoisotopic (exact) mass is 194 g/mol. The largest absolute Gasteiger partial charge is 0.316 e. The first-order valence-corrected chi connectivity index (χ1v) is 5.27. The first-order valence-electron chi connectivity index (χ1n) is 5.27. The Morgan fingerprint density at radius 3 is 2.64 bits per heavy atom. The second-order valence-corrected chi connectivity index (χ2v) is 4.39. The lowest BCUT2D eigenvalue weighted by Crippen LogP contribution is -2.43. The summed E-state index contributed by atoms with van der Waals surface area (Å²) in [5, 5.41) is 7.69. The third-order valence-electron chi connectivity index (χ3n) is 2.69. The summed E-state index contributed by atoms with van der Waals surface area (Å²) in [5.74, 6) is 3.30. The predicted octanol–water partition coefficient (Wildman–Crippen LogP) is 0.700. The number of rotatable bonds is 3. The van der Waals surface area contributed by atoms with E-state index < -0.39 is 0 Å². The van der Waals surface area contributed by atoms with Crippen LogP contribution < -0.4 is 5.32 Å². The number of hydrogen-bond acceptors (Lipinski definition) is 3. The van der Waals surface area contributed by atoms with Gasteiger partial charge < -0.3 is 5.32 Å². The van der Waals surface area contributed by atoms with Gasteiger partial charge >= 0.3 is 0 Å². The van der Waals surface area contributed by atoms with Crippen molar-refractivity contribution in [1.29, 1.82) is 0 Å². The third-order valence-corrected chi connectivity index (χ3v) is 2.69. The first kappa shape index (κ1) is 9.65. The quantitative estimate of drug-likeness (QED) is 0.770. The molecule has 1 aromatic heterocycles. The Balaban J connectivity index is 2.07. The highest BCUT2D eigenvalue weighted by Crippen LogP contribution is 2.14. The normalized spacial score (nSPS) is 17.4. The standard InChI is InChI=1S/C10H18N4/c1-7(2)10-12-9(13-14(10)3)4-8-5-11-6-8/h7-8,11H,4-6H2,1-3H3. The third kappa shape index (κ3) is 1.80. The van der Waals surface area contributed by atoms with E-state index in [0.29, 0.717) is 5.92 Å². The number of nitrogens with one attached hydrogen (secondary N) is 1. The molecule has 4 nitrogen and oxygen atoms in total. The number of aromatic nitrogens is 3. The Morgan fingerprint density at radius 2 is 2.21 bits per heavy atom. The van der Waals surface area contributed by atoms with Crippen LogP contribution in [0.15, 0.2) is 0 Å². The van der Waals surface area contributed by atoms with Gasteiger partial charge in [0.2, 0.25) is 0 Å². The van der Waals surface area contributed by atoms with Gasteiger partial charge in [0.15, 0.2) is 5.82 Å². The zero-order valence-corrected chi connectivity index (χ0v) is 9.12. The van der Waals surface area contributed by atoms with E-state index in [9.17, 15) is 0 Å². The molecule has 1 aliphatic rings. The Kier molecular flexibility index (Phi) is 2.54. The molecule has 1 aromatic rings. The maximum atomic E-state index is 4.56. The summed E-state index contributed by atoms with van der Waals surface area (Å²) in [6.07, 6.45) is 1.02. The topological polar surface area (TPSA) is 42.7 Å². The van der Waals surface area contributed by atoms with Gasteiger partial charge in [0.1, 0.15) is 5.82 Å². The molecule has 78 valence electrons. The van der Waals surface area contributed by atoms with Crippen LogP contribution in [0.2, 0.25) is 0 Å². The summed E-state index contributed by atoms with van der Waals surface area (Å²) < 4.78 is 1.91. The molecule has 1 saturated heterocycles. The van der Waals surface area contributed by atoms with Crippen LogP contribution in [0.1, 0.15) is 31.4 Å². The summed E-state index contributed by atoms with van der Waals surface area (Å²) in [5.41, 5.74) is 0. The van der Waals surface area contributed by atoms with Gasteiger partial charge in [-0.25, -0.2) is 4.98 Å². The van der Waals surface area contributed by atoms with Gasteiger partial charge in [0.25, 0.3) is 0 Å². The van der Waals surface area contributed by atoms with E-state index >= 15 is 0 Å². The van der Waals surface area contributed by atoms with Crippen LogP contribution in [0, 0.1) is 5.92 Å². The SMILES string of the molecule is CC(C)c1nc(CC2CNC2)nn1C. The molecule has 0 aromatic carbocycles. The molecule has 4 heteroatoms. The van der Waals surface area contributed by atoms with Crippen molar-refractivity contribution >= 4 is 0 Å². The van der Waals surface area contributed by atoms with E-state index in [1.807, 2.05) is 11.7 Å². The predicted molar refractivity (Wildman–Crippen MR) is 55.2 cm³/mol. The van der Waals surface area contributed by atoms with Crippen LogP contribution in [0.5, 0.6) is 0 Å². The molecule has 1 fully saturated rings. The molecule has 0 saturated carbocycles. The minimum absolute atomic E-state index is 0.459. The van der Waals surface area contributed by atoms with Gasteiger partial charge in [-0.2, -0.15) is 5.10 Å². The van der Waals surface area contributed by atoms with Gasteiger partial charge in [-0.1, -0.05) is 13.8 Å². The molecule has 1 N–H and O–H groups in total. The van der Waals surface area contributed by atoms with E-state index in [2.05, 4.69) is 29.2 Å². The van der Waals surface area contributed by atoms with Gasteiger partial charge in [-0.05, 0) is 19.0 Å². The molecule has 0 radical (unpaired) electrons. The van der Waals surface area contributed by atoms with Crippen LogP contribution in [0.4, 0.5) is 0 Å². The van der Waals surface area contributed by atoms with Crippen LogP contribution in [-0.2, 0) is 13.5 Å². The van der Waals surface area contributed by atoms with Crippen molar-refractivity contribution in [2.45, 2.75) is 26.2 Å². The van der Waals surface area contributed by atoms with E-state index in [4.69, 9.17) is 0 Å². The number of hydrogen-bond donors (Lipinski definition) is 1. The highest BCUT2D eigenvalue weighted by atomic mass is 15.3. The fraction of sp³-hybridized carbons (Fsp3) is 0.800. The van der Waals surface area contributed by atoms with Crippen LogP contribution in [0.25, 0.3) is 0 Å². The Bertz CT molecular complexity index is 312. The van der Waals surface area contributed by atoms with Crippen molar-refractivity contribution in [2.24, 2.45) is 13.0 Å². The van der Waals surface area contributed by atoms with Gasteiger partial charge in [0.05, 0.1) is 0 Å². The van der Waals surface area contributed by atoms with Crippen molar-refractivity contribution in [3.8, 4) is 0 Å². The Hall–Kier alpha value is -0.900. The summed E-state index contributed by atoms with van der Waals surface area (Å²) >= 11 is 0. The molecule has 2 heterocycles. The molecule has 0 bridgehead atoms. The summed E-state index contributed by atoms with van der Waals surface area (Å²) in [6, 6.07) is 0. The molecule has 0 atom stereocenters. The molecule has 0 amide bonds. The van der Waals surface area contributed by atoms with Crippen molar-refractivity contribution in [2.75, 3.05) is 13.1 Å². The maximum Gasteiger partial charge on any atom is 0.151 e. The van der Waals surface area contributed by atoms with Crippen molar-refractivity contribution in [3.63, 3.8) is 0 Å². The lowest BCUT2D eigenvalue weighted by atomic mass is 9.99. The summed E-state index contributed by atoms with van der Waals surface area (Å²) in [7, 11) is 1.98. The zero-order valence-electron chi connectivity index (χ0n) is 9.12. The van der Waals surface area contributed by atoms with E-state index in [-0.39, 0.29) is 0 Å². The van der Waals surface area contributed by atoms with Crippen molar-refractivity contribution < 1.29 is 0 Å². The van der Waals surface area contributed by atoms with Gasteiger partial charge in [-0.3, -0.25) is 4.68 Å². The Labute approximate surface area is 84.7 Å². The second-order valence-electron chi connectivity index (χ2n) is 4.39. The molecule has 0 spiro atoms. The molecular formula is C10H18N4. The second kappa shape index (κ2) is 3.69. The van der Waals surface area contributed by atoms with Crippen molar-refractivity contribution in [3.05, 3.63) is 11.6 Å². The molecule has 2 rings (SSSR count). The molecule has 1 aliphatic heterocycles. The average molecular weight is 194 g/mol. The van der Waals surface area contributed by atoms with E-state index in [0.717, 1.165) is 37.1 Å². The van der Waals surface area contributed by atoms with Crippen molar-refractivity contribution in [1.82, 2.24) is 20.1 Å². The molecule has 14 heavy (non-hydrogen) atoms. The highest BCUT2D eigenvalue weighted by molar-refractivity contribution is 4.99. The number of nitrogens with zero attached hydrogens (tertiary/aromatic N) is 3. The molecule has 0 aliphatic carbocycles. The van der Waals surface area contributed by atoms with E-state index in [1.54, 1.807) is 0 Å². The minimum atomic E-state index is 0.459. The molecular weight excluding hydrogens is 176 g/mol. The fourth-order valence-electron chi connectivity index (χ4n) is 1.79. The average Bonchev–Trinajstić information content (AvgIpc) is 2.39. The Morgan fingerprint density at radius 1 is 1.50 bits per heavy atom. The minimum Gasteiger partial charge on any atom is -0.316 e. The van der Waals surface area contributed by atoms with Crippen LogP contribution >= 0.6 is 0 Å². The zero-order chi connectivity index (χ0) is 10.1. The smallest absolute Gasteiger partial charge is 0.151 e. The lowest BCUT2D eigenvalue weighted by molar-refractivity contribution is 0.341. The van der Waals surface area contributed by atoms with Crippen LogP contribution in [0.3, 0.4) is 0 Å². The van der Waals surface area contributed by atoms with E-state index in [1.165, 1.54) is 0 Å². The molecule has 0 unspecified atom stereocenters. The maximum absolute atomic E-state index is 4.56. The van der Waals surface area contributed by atoms with Crippen LogP contribution in [-0.4, -0.2) is 27.9 Å². The first-order chi connectivity index (χ1) is 6.66. The lowest BCUT2D eigenvalue weighted by Gasteiger charge is -2.25. The van der Waals surface area contributed by atoms with Gasteiger partial charge in [-0.15, -0.1) is 0 Å². The highest BCUT2D eigenvalue weighted by Gasteiger charge is 2.20. The number of aryl methyl sites for hydroxylation is 1. The fourth-order valence-corrected chi connectivity index (χ4v) is 1.79. The van der Waals surface area contributed by atoms with Gasteiger partial charge in [0, 0.05) is 19.4 Å².